The van der Waals surface area contributed by atoms with Gasteiger partial charge in [-0.3, -0.25) is 9.78 Å². The van der Waals surface area contributed by atoms with Crippen molar-refractivity contribution in [3.63, 3.8) is 0 Å². The van der Waals surface area contributed by atoms with Gasteiger partial charge in [-0.25, -0.2) is 0 Å². The number of nitrogens with one attached hydrogen (secondary N) is 1. The number of anilines is 1. The van der Waals surface area contributed by atoms with Crippen molar-refractivity contribution in [1.82, 2.24) is 9.88 Å². The molecule has 1 aliphatic rings. The molecule has 1 N–H and O–H groups in total. The zero-order chi connectivity index (χ0) is 17.4. The van der Waals surface area contributed by atoms with Crippen LogP contribution in [0.3, 0.4) is 0 Å². The van der Waals surface area contributed by atoms with Crippen molar-refractivity contribution < 1.29 is 4.79 Å². The van der Waals surface area contributed by atoms with Crippen LogP contribution in [0.2, 0.25) is 0 Å². The Morgan fingerprint density at radius 2 is 2.08 bits per heavy atom. The van der Waals surface area contributed by atoms with Crippen LogP contribution in [-0.2, 0) is 6.54 Å². The van der Waals surface area contributed by atoms with E-state index in [0.29, 0.717) is 12.1 Å². The number of benzene rings is 1. The molecule has 4 rings (SSSR count). The molecule has 4 nitrogen and oxygen atoms in total. The molecule has 1 aromatic carbocycles. The van der Waals surface area contributed by atoms with Crippen LogP contribution in [0.5, 0.6) is 0 Å². The molecule has 1 aliphatic heterocycles. The van der Waals surface area contributed by atoms with Crippen molar-refractivity contribution >= 4 is 54.8 Å². The Morgan fingerprint density at radius 1 is 1.20 bits per heavy atom. The topological polar surface area (TPSA) is 45.2 Å². The fraction of sp³-hybridized carbons (Fsp3) is 0.111. The van der Waals surface area contributed by atoms with E-state index in [2.05, 4.69) is 42.2 Å². The highest BCUT2D eigenvalue weighted by Crippen LogP contribution is 2.37. The fourth-order valence-corrected chi connectivity index (χ4v) is 4.73. The molecule has 0 aliphatic carbocycles. The number of hydrogen-bond donors (Lipinski definition) is 1. The third-order valence-electron chi connectivity index (χ3n) is 4.03. The third-order valence-corrected chi connectivity index (χ3v) is 6.04. The Morgan fingerprint density at radius 3 is 2.84 bits per heavy atom. The lowest BCUT2D eigenvalue weighted by Crippen LogP contribution is -2.31. The Kier molecular flexibility index (Phi) is 4.62. The van der Waals surface area contributed by atoms with Gasteiger partial charge in [0.15, 0.2) is 0 Å². The van der Waals surface area contributed by atoms with E-state index in [9.17, 15) is 4.79 Å². The third kappa shape index (κ3) is 3.23. The van der Waals surface area contributed by atoms with Crippen molar-refractivity contribution in [1.29, 1.82) is 0 Å². The highest BCUT2D eigenvalue weighted by molar-refractivity contribution is 9.11. The molecule has 0 spiro atoms. The molecule has 126 valence electrons. The summed E-state index contributed by atoms with van der Waals surface area (Å²) in [5.41, 5.74) is 2.33. The number of pyridine rings is 1. The van der Waals surface area contributed by atoms with Gasteiger partial charge >= 0.3 is 0 Å². The summed E-state index contributed by atoms with van der Waals surface area (Å²) in [7, 11) is 0. The number of halogens is 2. The molecule has 1 atom stereocenters. The SMILES string of the molecule is O=C1c2cccnc2[C@@H](Nc2ccc(Br)cc2Br)N1Cc1cccs1. The molecule has 7 heteroatoms. The summed E-state index contributed by atoms with van der Waals surface area (Å²) < 4.78 is 1.91. The van der Waals surface area contributed by atoms with E-state index in [-0.39, 0.29) is 12.1 Å². The van der Waals surface area contributed by atoms with Crippen LogP contribution in [0, 0.1) is 0 Å². The lowest BCUT2D eigenvalue weighted by Gasteiger charge is -2.26. The summed E-state index contributed by atoms with van der Waals surface area (Å²) in [4.78, 5) is 20.3. The maximum Gasteiger partial charge on any atom is 0.258 e. The minimum Gasteiger partial charge on any atom is -0.359 e. The molecule has 0 unspecified atom stereocenters. The molecule has 0 saturated heterocycles. The largest absolute Gasteiger partial charge is 0.359 e. The summed E-state index contributed by atoms with van der Waals surface area (Å²) in [5.74, 6) is 0.00207. The second-order valence-corrected chi connectivity index (χ2v) is 8.42. The van der Waals surface area contributed by atoms with Crippen molar-refractivity contribution in [2.75, 3.05) is 5.32 Å². The molecule has 0 bridgehead atoms. The van der Waals surface area contributed by atoms with E-state index < -0.39 is 0 Å². The minimum atomic E-state index is -0.303. The van der Waals surface area contributed by atoms with Gasteiger partial charge in [0, 0.05) is 20.0 Å². The first-order valence-corrected chi connectivity index (χ1v) is 10.1. The van der Waals surface area contributed by atoms with Gasteiger partial charge in [0.05, 0.1) is 23.5 Å². The second kappa shape index (κ2) is 6.90. The smallest absolute Gasteiger partial charge is 0.258 e. The number of amides is 1. The predicted molar refractivity (Wildman–Crippen MR) is 107 cm³/mol. The predicted octanol–water partition coefficient (Wildman–Crippen LogP) is 5.43. The molecule has 2 aromatic heterocycles. The number of rotatable bonds is 4. The van der Waals surface area contributed by atoms with E-state index in [1.807, 2.05) is 46.7 Å². The van der Waals surface area contributed by atoms with Gasteiger partial charge in [0.1, 0.15) is 6.17 Å². The quantitative estimate of drug-likeness (QED) is 0.543. The molecule has 0 radical (unpaired) electrons. The Hall–Kier alpha value is -1.70. The molecule has 3 aromatic rings. The lowest BCUT2D eigenvalue weighted by atomic mass is 10.2. The standard InChI is InChI=1S/C18H13Br2N3OS/c19-11-5-6-15(14(20)9-11)22-17-16-13(4-1-7-21-16)18(24)23(17)10-12-3-2-8-25-12/h1-9,17,22H,10H2/t17-/m0/s1. The zero-order valence-corrected chi connectivity index (χ0v) is 16.9. The van der Waals surface area contributed by atoms with Crippen molar-refractivity contribution in [2.45, 2.75) is 12.7 Å². The summed E-state index contributed by atoms with van der Waals surface area (Å²) >= 11 is 8.68. The van der Waals surface area contributed by atoms with Gasteiger partial charge in [-0.2, -0.15) is 0 Å². The van der Waals surface area contributed by atoms with E-state index >= 15 is 0 Å². The number of thiophene rings is 1. The maximum absolute atomic E-state index is 12.9. The van der Waals surface area contributed by atoms with Crippen molar-refractivity contribution in [3.05, 3.63) is 79.1 Å². The fourth-order valence-electron chi connectivity index (χ4n) is 2.87. The highest BCUT2D eigenvalue weighted by Gasteiger charge is 2.38. The molecular formula is C18H13Br2N3OS. The average molecular weight is 479 g/mol. The van der Waals surface area contributed by atoms with E-state index in [0.717, 1.165) is 25.2 Å². The Bertz CT molecular complexity index is 930. The second-order valence-electron chi connectivity index (χ2n) is 5.62. The highest BCUT2D eigenvalue weighted by atomic mass is 79.9. The van der Waals surface area contributed by atoms with Gasteiger partial charge in [-0.1, -0.05) is 22.0 Å². The van der Waals surface area contributed by atoms with Crippen LogP contribution in [0.15, 0.2) is 63.0 Å². The average Bonchev–Trinajstić information content (AvgIpc) is 3.20. The van der Waals surface area contributed by atoms with Crippen LogP contribution < -0.4 is 5.32 Å². The number of carbonyl (C=O) groups excluding carboxylic acids is 1. The number of carbonyl (C=O) groups is 1. The molecule has 0 fully saturated rings. The van der Waals surface area contributed by atoms with Crippen molar-refractivity contribution in [2.24, 2.45) is 0 Å². The van der Waals surface area contributed by atoms with Crippen LogP contribution in [-0.4, -0.2) is 15.8 Å². The van der Waals surface area contributed by atoms with Crippen LogP contribution >= 0.6 is 43.2 Å². The van der Waals surface area contributed by atoms with Gasteiger partial charge in [0.2, 0.25) is 0 Å². The first-order chi connectivity index (χ1) is 12.1. The molecular weight excluding hydrogens is 466 g/mol. The zero-order valence-electron chi connectivity index (χ0n) is 12.9. The van der Waals surface area contributed by atoms with E-state index in [1.165, 1.54) is 0 Å². The van der Waals surface area contributed by atoms with Gasteiger partial charge in [-0.15, -0.1) is 11.3 Å². The summed E-state index contributed by atoms with van der Waals surface area (Å²) in [5, 5.41) is 5.49. The summed E-state index contributed by atoms with van der Waals surface area (Å²) in [6.07, 6.45) is 1.43. The van der Waals surface area contributed by atoms with Crippen LogP contribution in [0.25, 0.3) is 0 Å². The monoisotopic (exact) mass is 477 g/mol. The number of hydrogen-bond acceptors (Lipinski definition) is 4. The van der Waals surface area contributed by atoms with Crippen molar-refractivity contribution in [3.8, 4) is 0 Å². The Balaban J connectivity index is 1.71. The lowest BCUT2D eigenvalue weighted by molar-refractivity contribution is 0.0729. The van der Waals surface area contributed by atoms with E-state index in [1.54, 1.807) is 23.6 Å². The number of fused-ring (bicyclic) bond motifs is 1. The molecule has 25 heavy (non-hydrogen) atoms. The van der Waals surface area contributed by atoms with Gasteiger partial charge < -0.3 is 10.2 Å². The normalized spacial score (nSPS) is 16.2. The molecule has 3 heterocycles. The minimum absolute atomic E-state index is 0.00207. The molecule has 0 saturated carbocycles. The summed E-state index contributed by atoms with van der Waals surface area (Å²) in [6.45, 7) is 0.554. The van der Waals surface area contributed by atoms with Crippen LogP contribution in [0.4, 0.5) is 5.69 Å². The number of aromatic nitrogens is 1. The van der Waals surface area contributed by atoms with Crippen LogP contribution in [0.1, 0.15) is 27.1 Å². The first kappa shape index (κ1) is 16.8. The van der Waals surface area contributed by atoms with E-state index in [4.69, 9.17) is 0 Å². The van der Waals surface area contributed by atoms with Gasteiger partial charge in [0.25, 0.3) is 5.91 Å². The number of nitrogens with zero attached hydrogens (tertiary/aromatic N) is 2. The summed E-state index contributed by atoms with van der Waals surface area (Å²) in [6, 6.07) is 13.6. The maximum atomic E-state index is 12.9. The first-order valence-electron chi connectivity index (χ1n) is 7.63. The molecule has 1 amide bonds. The van der Waals surface area contributed by atoms with Gasteiger partial charge in [-0.05, 0) is 57.7 Å². The Labute approximate surface area is 166 Å².